The third kappa shape index (κ3) is 4.48. The predicted molar refractivity (Wildman–Crippen MR) is 92.6 cm³/mol. The third-order valence-corrected chi connectivity index (χ3v) is 5.43. The van der Waals surface area contributed by atoms with Crippen LogP contribution in [0.25, 0.3) is 0 Å². The van der Waals surface area contributed by atoms with Crippen molar-refractivity contribution in [1.29, 1.82) is 0 Å². The molecule has 0 amide bonds. The molecule has 0 heterocycles. The van der Waals surface area contributed by atoms with E-state index in [4.69, 9.17) is 4.74 Å². The summed E-state index contributed by atoms with van der Waals surface area (Å²) in [5, 5.41) is -0.486. The zero-order valence-electron chi connectivity index (χ0n) is 12.4. The quantitative estimate of drug-likeness (QED) is 0.813. The molecule has 2 aromatic rings. The second-order valence-electron chi connectivity index (χ2n) is 5.12. The van der Waals surface area contributed by atoms with E-state index >= 15 is 0 Å². The van der Waals surface area contributed by atoms with Gasteiger partial charge in [-0.25, -0.2) is 8.42 Å². The van der Waals surface area contributed by atoms with Crippen LogP contribution in [-0.4, -0.2) is 13.7 Å². The summed E-state index contributed by atoms with van der Waals surface area (Å²) in [7, 11) is -3.35. The van der Waals surface area contributed by atoms with Gasteiger partial charge in [-0.3, -0.25) is 4.72 Å². The Balaban J connectivity index is 2.07. The lowest BCUT2D eigenvalue weighted by molar-refractivity contribution is 0.304. The number of sulfonamides is 1. The average Bonchev–Trinajstić information content (AvgIpc) is 2.47. The van der Waals surface area contributed by atoms with Gasteiger partial charge in [0.2, 0.25) is 10.0 Å². The number of nitrogens with one attached hydrogen (secondary N) is 1. The molecular weight excluding hydrogens is 366 g/mol. The first-order valence-electron chi connectivity index (χ1n) is 6.86. The van der Waals surface area contributed by atoms with Crippen LogP contribution in [0, 0.1) is 0 Å². The number of anilines is 1. The number of benzene rings is 2. The average molecular weight is 384 g/mol. The third-order valence-electron chi connectivity index (χ3n) is 3.05. The van der Waals surface area contributed by atoms with Gasteiger partial charge in [-0.05, 0) is 53.5 Å². The fourth-order valence-corrected chi connectivity index (χ4v) is 2.88. The molecule has 0 spiro atoms. The van der Waals surface area contributed by atoms with Crippen molar-refractivity contribution in [2.24, 2.45) is 0 Å². The number of rotatable bonds is 6. The van der Waals surface area contributed by atoms with Gasteiger partial charge in [0.05, 0.1) is 9.72 Å². The minimum absolute atomic E-state index is 0.455. The molecule has 0 aliphatic carbocycles. The van der Waals surface area contributed by atoms with Crippen LogP contribution < -0.4 is 9.46 Å². The minimum Gasteiger partial charge on any atom is -0.488 e. The monoisotopic (exact) mass is 383 g/mol. The highest BCUT2D eigenvalue weighted by atomic mass is 79.9. The Morgan fingerprint density at radius 3 is 2.41 bits per heavy atom. The standard InChI is InChI=1S/C16H18BrNO3S/c1-12(2)22(19,20)18-14-8-9-16(15(17)10-14)21-11-13-6-4-3-5-7-13/h3-10,12,18H,11H2,1-2H3. The molecule has 2 aromatic carbocycles. The van der Waals surface area contributed by atoms with Crippen LogP contribution >= 0.6 is 15.9 Å². The Morgan fingerprint density at radius 2 is 1.82 bits per heavy atom. The van der Waals surface area contributed by atoms with Gasteiger partial charge in [0.25, 0.3) is 0 Å². The molecule has 0 radical (unpaired) electrons. The summed E-state index contributed by atoms with van der Waals surface area (Å²) in [6, 6.07) is 15.0. The maximum Gasteiger partial charge on any atom is 0.235 e. The number of halogens is 1. The van der Waals surface area contributed by atoms with Crippen molar-refractivity contribution in [3.05, 3.63) is 58.6 Å². The molecule has 0 unspecified atom stereocenters. The van der Waals surface area contributed by atoms with Crippen molar-refractivity contribution in [3.63, 3.8) is 0 Å². The van der Waals surface area contributed by atoms with Crippen molar-refractivity contribution >= 4 is 31.6 Å². The van der Waals surface area contributed by atoms with E-state index in [1.807, 2.05) is 30.3 Å². The van der Waals surface area contributed by atoms with Gasteiger partial charge < -0.3 is 4.74 Å². The van der Waals surface area contributed by atoms with Crippen molar-refractivity contribution in [3.8, 4) is 5.75 Å². The van der Waals surface area contributed by atoms with Gasteiger partial charge in [-0.1, -0.05) is 30.3 Å². The van der Waals surface area contributed by atoms with Crippen LogP contribution in [0.2, 0.25) is 0 Å². The lowest BCUT2D eigenvalue weighted by Crippen LogP contribution is -2.22. The van der Waals surface area contributed by atoms with Gasteiger partial charge in [0.1, 0.15) is 12.4 Å². The largest absolute Gasteiger partial charge is 0.488 e. The van der Waals surface area contributed by atoms with Gasteiger partial charge in [-0.15, -0.1) is 0 Å². The van der Waals surface area contributed by atoms with Crippen LogP contribution in [0.4, 0.5) is 5.69 Å². The molecule has 4 nitrogen and oxygen atoms in total. The first kappa shape index (κ1) is 16.8. The van der Waals surface area contributed by atoms with Crippen LogP contribution in [-0.2, 0) is 16.6 Å². The van der Waals surface area contributed by atoms with E-state index in [9.17, 15) is 8.42 Å². The van der Waals surface area contributed by atoms with Crippen LogP contribution in [0.15, 0.2) is 53.0 Å². The topological polar surface area (TPSA) is 55.4 Å². The zero-order chi connectivity index (χ0) is 16.2. The second kappa shape index (κ2) is 7.15. The Morgan fingerprint density at radius 1 is 1.14 bits per heavy atom. The summed E-state index contributed by atoms with van der Waals surface area (Å²) in [4.78, 5) is 0. The van der Waals surface area contributed by atoms with Crippen molar-refractivity contribution in [1.82, 2.24) is 0 Å². The first-order valence-corrected chi connectivity index (χ1v) is 9.20. The molecule has 22 heavy (non-hydrogen) atoms. The van der Waals surface area contributed by atoms with Crippen molar-refractivity contribution in [2.45, 2.75) is 25.7 Å². The Kier molecular flexibility index (Phi) is 5.47. The molecule has 0 aliphatic rings. The molecule has 0 aliphatic heterocycles. The number of ether oxygens (including phenoxy) is 1. The van der Waals surface area contributed by atoms with E-state index in [1.165, 1.54) is 0 Å². The van der Waals surface area contributed by atoms with Gasteiger partial charge in [-0.2, -0.15) is 0 Å². The lowest BCUT2D eigenvalue weighted by atomic mass is 10.2. The summed E-state index contributed by atoms with van der Waals surface area (Å²) < 4.78 is 32.7. The second-order valence-corrected chi connectivity index (χ2v) is 8.21. The molecule has 0 aromatic heterocycles. The molecule has 0 saturated carbocycles. The predicted octanol–water partition coefficient (Wildman–Crippen LogP) is 4.18. The summed E-state index contributed by atoms with van der Waals surface area (Å²) in [6.45, 7) is 3.72. The molecule has 0 atom stereocenters. The first-order chi connectivity index (χ1) is 10.4. The maximum atomic E-state index is 11.8. The van der Waals surface area contributed by atoms with Crippen molar-refractivity contribution in [2.75, 3.05) is 4.72 Å². The summed E-state index contributed by atoms with van der Waals surface area (Å²) >= 11 is 3.41. The maximum absolute atomic E-state index is 11.8. The van der Waals surface area contributed by atoms with Gasteiger partial charge >= 0.3 is 0 Å². The zero-order valence-corrected chi connectivity index (χ0v) is 14.8. The van der Waals surface area contributed by atoms with E-state index < -0.39 is 15.3 Å². The fraction of sp³-hybridized carbons (Fsp3) is 0.250. The van der Waals surface area contributed by atoms with Crippen LogP contribution in [0.3, 0.4) is 0 Å². The highest BCUT2D eigenvalue weighted by Crippen LogP contribution is 2.29. The molecule has 2 rings (SSSR count). The number of hydrogen-bond donors (Lipinski definition) is 1. The van der Waals surface area contributed by atoms with Gasteiger partial charge in [0.15, 0.2) is 0 Å². The van der Waals surface area contributed by atoms with E-state index in [0.717, 1.165) is 5.56 Å². The molecular formula is C16H18BrNO3S. The summed E-state index contributed by atoms with van der Waals surface area (Å²) in [5.74, 6) is 0.663. The molecule has 0 saturated heterocycles. The van der Waals surface area contributed by atoms with Gasteiger partial charge in [0, 0.05) is 5.69 Å². The Labute approximate surface area is 139 Å². The molecule has 0 fully saturated rings. The molecule has 0 bridgehead atoms. The lowest BCUT2D eigenvalue weighted by Gasteiger charge is -2.13. The molecule has 118 valence electrons. The van der Waals surface area contributed by atoms with E-state index in [1.54, 1.807) is 32.0 Å². The highest BCUT2D eigenvalue weighted by molar-refractivity contribution is 9.10. The van der Waals surface area contributed by atoms with E-state index in [-0.39, 0.29) is 0 Å². The molecule has 1 N–H and O–H groups in total. The number of hydrogen-bond acceptors (Lipinski definition) is 3. The SMILES string of the molecule is CC(C)S(=O)(=O)Nc1ccc(OCc2ccccc2)c(Br)c1. The van der Waals surface area contributed by atoms with E-state index in [2.05, 4.69) is 20.7 Å². The van der Waals surface area contributed by atoms with Crippen LogP contribution in [0.5, 0.6) is 5.75 Å². The summed E-state index contributed by atoms with van der Waals surface area (Å²) in [6.07, 6.45) is 0. The normalized spacial score (nSPS) is 11.5. The Bertz CT molecular complexity index is 730. The summed E-state index contributed by atoms with van der Waals surface area (Å²) in [5.41, 5.74) is 1.58. The highest BCUT2D eigenvalue weighted by Gasteiger charge is 2.16. The smallest absolute Gasteiger partial charge is 0.235 e. The van der Waals surface area contributed by atoms with Crippen LogP contribution in [0.1, 0.15) is 19.4 Å². The van der Waals surface area contributed by atoms with Crippen molar-refractivity contribution < 1.29 is 13.2 Å². The molecule has 6 heteroatoms. The minimum atomic E-state index is -3.35. The van der Waals surface area contributed by atoms with E-state index in [0.29, 0.717) is 22.5 Å². The fourth-order valence-electron chi connectivity index (χ4n) is 1.70. The Hall–Kier alpha value is -1.53.